The Kier molecular flexibility index (Phi) is 4.39. The van der Waals surface area contributed by atoms with Crippen LogP contribution in [0.3, 0.4) is 0 Å². The van der Waals surface area contributed by atoms with Gasteiger partial charge in [-0.3, -0.25) is 4.90 Å². The number of rotatable bonds is 3. The average molecular weight is 198 g/mol. The van der Waals surface area contributed by atoms with Crippen LogP contribution in [0.4, 0.5) is 0 Å². The Morgan fingerprint density at radius 1 is 1.36 bits per heavy atom. The molecule has 0 amide bonds. The Balaban J connectivity index is 2.48. The van der Waals surface area contributed by atoms with Gasteiger partial charge in [0.1, 0.15) is 0 Å². The highest BCUT2D eigenvalue weighted by molar-refractivity contribution is 4.83. The first-order valence-corrected chi connectivity index (χ1v) is 6.03. The van der Waals surface area contributed by atoms with E-state index in [0.29, 0.717) is 12.1 Å². The minimum absolute atomic E-state index is 0.328. The van der Waals surface area contributed by atoms with Crippen molar-refractivity contribution in [3.8, 4) is 0 Å². The van der Waals surface area contributed by atoms with Crippen molar-refractivity contribution in [3.63, 3.8) is 0 Å². The van der Waals surface area contributed by atoms with Crippen LogP contribution in [0.25, 0.3) is 0 Å². The van der Waals surface area contributed by atoms with Crippen molar-refractivity contribution in [3.05, 3.63) is 0 Å². The van der Waals surface area contributed by atoms with Crippen molar-refractivity contribution >= 4 is 0 Å². The summed E-state index contributed by atoms with van der Waals surface area (Å²) in [6, 6.07) is 1.71. The fourth-order valence-corrected chi connectivity index (χ4v) is 2.66. The molecular weight excluding hydrogens is 172 g/mol. The van der Waals surface area contributed by atoms with Gasteiger partial charge in [-0.1, -0.05) is 6.92 Å². The summed E-state index contributed by atoms with van der Waals surface area (Å²) in [5, 5.41) is 0. The van der Waals surface area contributed by atoms with E-state index in [9.17, 15) is 0 Å². The molecule has 0 radical (unpaired) electrons. The lowest BCUT2D eigenvalue weighted by molar-refractivity contribution is 0.0695. The summed E-state index contributed by atoms with van der Waals surface area (Å²) in [6.07, 6.45) is 3.87. The van der Waals surface area contributed by atoms with E-state index in [1.807, 2.05) is 0 Å². The molecular formula is C12H26N2. The van der Waals surface area contributed by atoms with Gasteiger partial charge in [0.2, 0.25) is 0 Å². The number of likely N-dealkylation sites (tertiary alicyclic amines) is 1. The summed E-state index contributed by atoms with van der Waals surface area (Å²) in [5.41, 5.74) is 5.85. The lowest BCUT2D eigenvalue weighted by Gasteiger charge is -2.42. The third-order valence-corrected chi connectivity index (χ3v) is 3.70. The zero-order valence-corrected chi connectivity index (χ0v) is 10.2. The minimum atomic E-state index is 0.328. The second-order valence-corrected chi connectivity index (χ2v) is 5.16. The average Bonchev–Trinajstić information content (AvgIpc) is 2.08. The molecule has 0 saturated carbocycles. The van der Waals surface area contributed by atoms with Gasteiger partial charge < -0.3 is 5.73 Å². The molecule has 4 unspecified atom stereocenters. The Bertz CT molecular complexity index is 168. The first-order valence-electron chi connectivity index (χ1n) is 6.03. The van der Waals surface area contributed by atoms with Crippen molar-refractivity contribution < 1.29 is 0 Å². The lowest BCUT2D eigenvalue weighted by Crippen LogP contribution is -2.48. The molecule has 0 aliphatic carbocycles. The summed E-state index contributed by atoms with van der Waals surface area (Å²) in [4.78, 5) is 2.64. The van der Waals surface area contributed by atoms with Gasteiger partial charge in [0.25, 0.3) is 0 Å². The summed E-state index contributed by atoms with van der Waals surface area (Å²) in [6.45, 7) is 10.4. The second-order valence-electron chi connectivity index (χ2n) is 5.16. The maximum atomic E-state index is 5.85. The Morgan fingerprint density at radius 2 is 2.00 bits per heavy atom. The molecule has 0 spiro atoms. The number of nitrogens with two attached hydrogens (primary N) is 1. The summed E-state index contributed by atoms with van der Waals surface area (Å²) in [7, 11) is 0. The fraction of sp³-hybridized carbons (Fsp3) is 1.00. The molecule has 0 aromatic heterocycles. The van der Waals surface area contributed by atoms with Crippen molar-refractivity contribution in [2.75, 3.05) is 6.54 Å². The number of hydrogen-bond acceptors (Lipinski definition) is 2. The summed E-state index contributed by atoms with van der Waals surface area (Å²) < 4.78 is 0. The smallest absolute Gasteiger partial charge is 0.00953 e. The van der Waals surface area contributed by atoms with E-state index in [2.05, 4.69) is 32.6 Å². The largest absolute Gasteiger partial charge is 0.328 e. The zero-order chi connectivity index (χ0) is 10.7. The van der Waals surface area contributed by atoms with Crippen LogP contribution in [-0.4, -0.2) is 29.6 Å². The van der Waals surface area contributed by atoms with Crippen molar-refractivity contribution in [1.82, 2.24) is 4.90 Å². The molecule has 4 atom stereocenters. The van der Waals surface area contributed by atoms with E-state index in [1.165, 1.54) is 19.4 Å². The van der Waals surface area contributed by atoms with Gasteiger partial charge in [0.15, 0.2) is 0 Å². The van der Waals surface area contributed by atoms with E-state index in [0.717, 1.165) is 18.4 Å². The topological polar surface area (TPSA) is 29.3 Å². The van der Waals surface area contributed by atoms with Crippen LogP contribution < -0.4 is 5.73 Å². The SMILES string of the molecule is CC(N)CC(C)N1CCCC(C)C1C. The highest BCUT2D eigenvalue weighted by atomic mass is 15.2. The second kappa shape index (κ2) is 5.13. The van der Waals surface area contributed by atoms with Crippen LogP contribution in [-0.2, 0) is 0 Å². The third-order valence-electron chi connectivity index (χ3n) is 3.70. The normalized spacial score (nSPS) is 34.1. The van der Waals surface area contributed by atoms with Gasteiger partial charge in [-0.05, 0) is 52.5 Å². The van der Waals surface area contributed by atoms with E-state index >= 15 is 0 Å². The predicted octanol–water partition coefficient (Wildman–Crippen LogP) is 2.23. The van der Waals surface area contributed by atoms with Crippen molar-refractivity contribution in [2.45, 2.75) is 65.1 Å². The number of hydrogen-bond donors (Lipinski definition) is 1. The number of piperidine rings is 1. The molecule has 2 nitrogen and oxygen atoms in total. The molecule has 84 valence electrons. The fourth-order valence-electron chi connectivity index (χ4n) is 2.66. The first-order chi connectivity index (χ1) is 6.52. The highest BCUT2D eigenvalue weighted by Crippen LogP contribution is 2.25. The standard InChI is InChI=1S/C12H26N2/c1-9-6-5-7-14(12(9)4)11(3)8-10(2)13/h9-12H,5-8,13H2,1-4H3. The van der Waals surface area contributed by atoms with Crippen LogP contribution in [0.15, 0.2) is 0 Å². The van der Waals surface area contributed by atoms with Crippen LogP contribution in [0.2, 0.25) is 0 Å². The molecule has 14 heavy (non-hydrogen) atoms. The van der Waals surface area contributed by atoms with Gasteiger partial charge in [-0.25, -0.2) is 0 Å². The molecule has 2 N–H and O–H groups in total. The first kappa shape index (κ1) is 12.0. The van der Waals surface area contributed by atoms with Crippen LogP contribution in [0.1, 0.15) is 47.0 Å². The molecule has 0 aromatic carbocycles. The Morgan fingerprint density at radius 3 is 2.57 bits per heavy atom. The molecule has 1 fully saturated rings. The van der Waals surface area contributed by atoms with E-state index in [1.54, 1.807) is 0 Å². The van der Waals surface area contributed by atoms with Crippen LogP contribution in [0.5, 0.6) is 0 Å². The molecule has 1 saturated heterocycles. The van der Waals surface area contributed by atoms with Gasteiger partial charge in [-0.15, -0.1) is 0 Å². The third kappa shape index (κ3) is 2.96. The molecule has 0 aromatic rings. The summed E-state index contributed by atoms with van der Waals surface area (Å²) in [5.74, 6) is 0.847. The molecule has 1 aliphatic heterocycles. The molecule has 0 bridgehead atoms. The van der Waals surface area contributed by atoms with E-state index < -0.39 is 0 Å². The lowest BCUT2D eigenvalue weighted by atomic mass is 9.90. The Hall–Kier alpha value is -0.0800. The molecule has 1 rings (SSSR count). The molecule has 1 heterocycles. The van der Waals surface area contributed by atoms with Gasteiger partial charge >= 0.3 is 0 Å². The van der Waals surface area contributed by atoms with Crippen LogP contribution in [0, 0.1) is 5.92 Å². The molecule has 1 aliphatic rings. The van der Waals surface area contributed by atoms with Crippen molar-refractivity contribution in [2.24, 2.45) is 11.7 Å². The maximum Gasteiger partial charge on any atom is 0.00953 e. The Labute approximate surface area is 88.8 Å². The van der Waals surface area contributed by atoms with Gasteiger partial charge in [0, 0.05) is 18.1 Å². The molecule has 2 heteroatoms. The minimum Gasteiger partial charge on any atom is -0.328 e. The predicted molar refractivity (Wildman–Crippen MR) is 62.3 cm³/mol. The summed E-state index contributed by atoms with van der Waals surface area (Å²) >= 11 is 0. The monoisotopic (exact) mass is 198 g/mol. The van der Waals surface area contributed by atoms with Gasteiger partial charge in [-0.2, -0.15) is 0 Å². The van der Waals surface area contributed by atoms with E-state index in [4.69, 9.17) is 5.73 Å². The maximum absolute atomic E-state index is 5.85. The van der Waals surface area contributed by atoms with Crippen LogP contribution >= 0.6 is 0 Å². The number of nitrogens with zero attached hydrogens (tertiary/aromatic N) is 1. The van der Waals surface area contributed by atoms with E-state index in [-0.39, 0.29) is 0 Å². The van der Waals surface area contributed by atoms with Gasteiger partial charge in [0.05, 0.1) is 0 Å². The quantitative estimate of drug-likeness (QED) is 0.753. The van der Waals surface area contributed by atoms with Crippen molar-refractivity contribution in [1.29, 1.82) is 0 Å². The highest BCUT2D eigenvalue weighted by Gasteiger charge is 2.28. The zero-order valence-electron chi connectivity index (χ0n) is 10.2.